The Kier molecular flexibility index (Phi) is 4.94. The third kappa shape index (κ3) is 2.76. The van der Waals surface area contributed by atoms with Crippen LogP contribution in [0.4, 0.5) is 0 Å². The molecule has 0 radical (unpaired) electrons. The molecular weight excluding hydrogens is 398 g/mol. The summed E-state index contributed by atoms with van der Waals surface area (Å²) in [6.07, 6.45) is -0.577. The smallest absolute Gasteiger partial charge is 0.356 e. The third-order valence-electron chi connectivity index (χ3n) is 4.03. The molecule has 2 aliphatic heterocycles. The number of hydrogen-bond donors (Lipinski definition) is 0. The zero-order chi connectivity index (χ0) is 18.1. The Morgan fingerprint density at radius 2 is 1.92 bits per heavy atom. The largest absolute Gasteiger partial charge is 0.492 e. The molecule has 0 fully saturated rings. The summed E-state index contributed by atoms with van der Waals surface area (Å²) in [6, 6.07) is 0. The van der Waals surface area contributed by atoms with E-state index in [2.05, 4.69) is 21.1 Å². The summed E-state index contributed by atoms with van der Waals surface area (Å²) in [4.78, 5) is 17.6. The zero-order valence-electron chi connectivity index (χ0n) is 14.3. The SMILES string of the molecule is CCOC(=O)C1=NO[C@H](c2c(Br)c3c(c(OC)c2OC)OCO3)[C@H]1C. The van der Waals surface area contributed by atoms with Gasteiger partial charge in [0, 0.05) is 0 Å². The molecule has 1 aromatic carbocycles. The number of esters is 1. The van der Waals surface area contributed by atoms with Gasteiger partial charge in [-0.05, 0) is 22.9 Å². The molecule has 0 aliphatic carbocycles. The maximum absolute atomic E-state index is 12.0. The molecule has 0 saturated carbocycles. The lowest BCUT2D eigenvalue weighted by Crippen LogP contribution is -2.24. The summed E-state index contributed by atoms with van der Waals surface area (Å²) in [7, 11) is 3.03. The van der Waals surface area contributed by atoms with E-state index in [1.54, 1.807) is 6.92 Å². The van der Waals surface area contributed by atoms with Gasteiger partial charge in [-0.3, -0.25) is 0 Å². The Balaban J connectivity index is 2.05. The third-order valence-corrected chi connectivity index (χ3v) is 4.82. The minimum absolute atomic E-state index is 0.0720. The second kappa shape index (κ2) is 6.99. The first-order valence-corrected chi connectivity index (χ1v) is 8.48. The highest BCUT2D eigenvalue weighted by Crippen LogP contribution is 2.57. The number of fused-ring (bicyclic) bond motifs is 1. The lowest BCUT2D eigenvalue weighted by Gasteiger charge is -2.22. The van der Waals surface area contributed by atoms with Crippen molar-refractivity contribution in [2.24, 2.45) is 11.1 Å². The molecule has 8 nitrogen and oxygen atoms in total. The minimum atomic E-state index is -0.577. The average Bonchev–Trinajstić information content (AvgIpc) is 3.22. The number of oxime groups is 1. The van der Waals surface area contributed by atoms with Crippen LogP contribution in [0.1, 0.15) is 25.5 Å². The van der Waals surface area contributed by atoms with Crippen molar-refractivity contribution in [1.82, 2.24) is 0 Å². The maximum atomic E-state index is 12.0. The van der Waals surface area contributed by atoms with Gasteiger partial charge in [-0.2, -0.15) is 0 Å². The van der Waals surface area contributed by atoms with Crippen LogP contribution in [-0.4, -0.2) is 39.3 Å². The summed E-state index contributed by atoms with van der Waals surface area (Å²) >= 11 is 3.52. The van der Waals surface area contributed by atoms with Crippen molar-refractivity contribution in [3.63, 3.8) is 0 Å². The van der Waals surface area contributed by atoms with Crippen LogP contribution in [0.5, 0.6) is 23.0 Å². The number of benzene rings is 1. The van der Waals surface area contributed by atoms with Crippen LogP contribution in [0.15, 0.2) is 9.63 Å². The highest BCUT2D eigenvalue weighted by atomic mass is 79.9. The van der Waals surface area contributed by atoms with Gasteiger partial charge in [-0.1, -0.05) is 12.1 Å². The predicted octanol–water partition coefficient (Wildman–Crippen LogP) is 2.82. The van der Waals surface area contributed by atoms with Crippen molar-refractivity contribution in [1.29, 1.82) is 0 Å². The van der Waals surface area contributed by atoms with Gasteiger partial charge in [-0.25, -0.2) is 4.79 Å². The Labute approximate surface area is 153 Å². The van der Waals surface area contributed by atoms with Crippen molar-refractivity contribution in [2.75, 3.05) is 27.6 Å². The van der Waals surface area contributed by atoms with Gasteiger partial charge < -0.3 is 28.5 Å². The number of rotatable bonds is 5. The van der Waals surface area contributed by atoms with Crippen molar-refractivity contribution < 1.29 is 33.3 Å². The molecule has 0 amide bonds. The minimum Gasteiger partial charge on any atom is -0.492 e. The van der Waals surface area contributed by atoms with Crippen molar-refractivity contribution in [2.45, 2.75) is 20.0 Å². The topological polar surface area (TPSA) is 84.8 Å². The molecule has 9 heteroatoms. The van der Waals surface area contributed by atoms with Crippen LogP contribution in [0.2, 0.25) is 0 Å². The number of carbonyl (C=O) groups excluding carboxylic acids is 1. The molecule has 3 rings (SSSR count). The van der Waals surface area contributed by atoms with Gasteiger partial charge in [0.15, 0.2) is 23.3 Å². The molecule has 0 bridgehead atoms. The van der Waals surface area contributed by atoms with Crippen LogP contribution in [0.25, 0.3) is 0 Å². The molecule has 0 unspecified atom stereocenters. The maximum Gasteiger partial charge on any atom is 0.356 e. The van der Waals surface area contributed by atoms with Crippen LogP contribution in [0, 0.1) is 5.92 Å². The number of ether oxygens (including phenoxy) is 5. The van der Waals surface area contributed by atoms with E-state index in [1.807, 2.05) is 6.92 Å². The lowest BCUT2D eigenvalue weighted by molar-refractivity contribution is -0.135. The predicted molar refractivity (Wildman–Crippen MR) is 90.4 cm³/mol. The average molecular weight is 416 g/mol. The highest BCUT2D eigenvalue weighted by molar-refractivity contribution is 9.10. The monoisotopic (exact) mass is 415 g/mol. The molecule has 0 spiro atoms. The molecular formula is C16H18BrNO7. The van der Waals surface area contributed by atoms with E-state index >= 15 is 0 Å². The number of nitrogens with zero attached hydrogens (tertiary/aromatic N) is 1. The number of methoxy groups -OCH3 is 2. The second-order valence-electron chi connectivity index (χ2n) is 5.37. The van der Waals surface area contributed by atoms with E-state index in [0.717, 1.165) is 0 Å². The van der Waals surface area contributed by atoms with Crippen LogP contribution >= 0.6 is 15.9 Å². The Morgan fingerprint density at radius 1 is 1.24 bits per heavy atom. The van der Waals surface area contributed by atoms with Crippen molar-refractivity contribution in [3.8, 4) is 23.0 Å². The summed E-state index contributed by atoms with van der Waals surface area (Å²) in [5.41, 5.74) is 0.844. The highest BCUT2D eigenvalue weighted by Gasteiger charge is 2.42. The van der Waals surface area contributed by atoms with Gasteiger partial charge >= 0.3 is 5.97 Å². The number of carbonyl (C=O) groups is 1. The van der Waals surface area contributed by atoms with Gasteiger partial charge in [-0.15, -0.1) is 0 Å². The molecule has 1 aromatic rings. The summed E-state index contributed by atoms with van der Waals surface area (Å²) in [5.74, 6) is 0.916. The first-order chi connectivity index (χ1) is 12.0. The lowest BCUT2D eigenvalue weighted by atomic mass is 9.92. The first kappa shape index (κ1) is 17.7. The Morgan fingerprint density at radius 3 is 2.56 bits per heavy atom. The number of halogens is 1. The molecule has 2 atom stereocenters. The summed E-state index contributed by atoms with van der Waals surface area (Å²) < 4.78 is 27.6. The first-order valence-electron chi connectivity index (χ1n) is 7.68. The summed E-state index contributed by atoms with van der Waals surface area (Å²) in [6.45, 7) is 3.90. The van der Waals surface area contributed by atoms with E-state index in [9.17, 15) is 4.79 Å². The fourth-order valence-electron chi connectivity index (χ4n) is 2.86. The number of hydrogen-bond acceptors (Lipinski definition) is 8. The molecule has 136 valence electrons. The molecule has 0 aromatic heterocycles. The fraction of sp³-hybridized carbons (Fsp3) is 0.500. The van der Waals surface area contributed by atoms with Gasteiger partial charge in [0.05, 0.1) is 36.8 Å². The molecule has 0 saturated heterocycles. The van der Waals surface area contributed by atoms with Crippen LogP contribution in [-0.2, 0) is 14.4 Å². The van der Waals surface area contributed by atoms with Gasteiger partial charge in [0.25, 0.3) is 0 Å². The Bertz CT molecular complexity index is 734. The normalized spacial score (nSPS) is 20.8. The van der Waals surface area contributed by atoms with Crippen molar-refractivity contribution in [3.05, 3.63) is 10.0 Å². The molecule has 2 aliphatic rings. The van der Waals surface area contributed by atoms with Gasteiger partial charge in [0.2, 0.25) is 18.3 Å². The molecule has 0 N–H and O–H groups in total. The van der Waals surface area contributed by atoms with E-state index < -0.39 is 12.1 Å². The Hall–Kier alpha value is -2.16. The summed E-state index contributed by atoms with van der Waals surface area (Å²) in [5, 5.41) is 3.91. The molecule has 2 heterocycles. The van der Waals surface area contributed by atoms with Gasteiger partial charge in [0.1, 0.15) is 0 Å². The van der Waals surface area contributed by atoms with Crippen molar-refractivity contribution >= 4 is 27.6 Å². The van der Waals surface area contributed by atoms with E-state index in [0.29, 0.717) is 33.0 Å². The quantitative estimate of drug-likeness (QED) is 0.683. The van der Waals surface area contributed by atoms with Crippen LogP contribution < -0.4 is 18.9 Å². The van der Waals surface area contributed by atoms with E-state index in [4.69, 9.17) is 28.5 Å². The molecule has 25 heavy (non-hydrogen) atoms. The standard InChI is InChI=1S/C16H18BrNO7/c1-5-22-16(19)10-7(2)11(25-18-10)8-9(17)13-15(24-6-23-13)14(21-4)12(8)20-3/h7,11H,5-6H2,1-4H3/t7-,11-/m0/s1. The van der Waals surface area contributed by atoms with E-state index in [1.165, 1.54) is 14.2 Å². The van der Waals surface area contributed by atoms with Crippen LogP contribution in [0.3, 0.4) is 0 Å². The fourth-order valence-corrected chi connectivity index (χ4v) is 3.56. The van der Waals surface area contributed by atoms with E-state index in [-0.39, 0.29) is 25.0 Å². The second-order valence-corrected chi connectivity index (χ2v) is 6.16. The zero-order valence-corrected chi connectivity index (χ0v) is 15.8.